The third kappa shape index (κ3) is 2.97. The third-order valence-corrected chi connectivity index (χ3v) is 5.13. The molecule has 0 aliphatic carbocycles. The summed E-state index contributed by atoms with van der Waals surface area (Å²) in [6.45, 7) is 0. The number of hydrogen-bond acceptors (Lipinski definition) is 2. The van der Waals surface area contributed by atoms with Crippen molar-refractivity contribution >= 4 is 5.69 Å². The number of hydrogen-bond donors (Lipinski definition) is 0. The molecule has 0 saturated heterocycles. The molecule has 0 radical (unpaired) electrons. The Kier molecular flexibility index (Phi) is 4.73. The summed E-state index contributed by atoms with van der Waals surface area (Å²) in [5.74, 6) is 0. The van der Waals surface area contributed by atoms with Crippen molar-refractivity contribution in [2.45, 2.75) is 5.41 Å². The molecule has 4 rings (SSSR count). The van der Waals surface area contributed by atoms with Crippen molar-refractivity contribution in [2.75, 3.05) is 0 Å². The first-order chi connectivity index (χ1) is 13.7. The summed E-state index contributed by atoms with van der Waals surface area (Å²) < 4.78 is 0. The largest absolute Gasteiger partial charge is 0.269 e. The maximum absolute atomic E-state index is 11.2. The summed E-state index contributed by atoms with van der Waals surface area (Å²) in [7, 11) is 0. The van der Waals surface area contributed by atoms with Gasteiger partial charge in [0.2, 0.25) is 0 Å². The molecule has 3 heteroatoms. The maximum atomic E-state index is 11.2. The van der Waals surface area contributed by atoms with Crippen molar-refractivity contribution in [1.82, 2.24) is 0 Å². The van der Waals surface area contributed by atoms with Crippen molar-refractivity contribution in [3.05, 3.63) is 148 Å². The van der Waals surface area contributed by atoms with Crippen LogP contribution in [0.2, 0.25) is 0 Å². The van der Waals surface area contributed by atoms with E-state index in [0.29, 0.717) is 0 Å². The highest BCUT2D eigenvalue weighted by atomic mass is 16.6. The van der Waals surface area contributed by atoms with Crippen LogP contribution in [0.25, 0.3) is 0 Å². The molecule has 3 nitrogen and oxygen atoms in total. The molecule has 4 aromatic carbocycles. The van der Waals surface area contributed by atoms with Gasteiger partial charge < -0.3 is 0 Å². The lowest BCUT2D eigenvalue weighted by Gasteiger charge is -2.36. The van der Waals surface area contributed by atoms with Crippen LogP contribution in [0, 0.1) is 10.1 Å². The number of rotatable bonds is 5. The monoisotopic (exact) mass is 365 g/mol. The molecule has 0 atom stereocenters. The zero-order valence-corrected chi connectivity index (χ0v) is 15.2. The van der Waals surface area contributed by atoms with Gasteiger partial charge in [-0.1, -0.05) is 103 Å². The van der Waals surface area contributed by atoms with Gasteiger partial charge in [-0.3, -0.25) is 10.1 Å². The van der Waals surface area contributed by atoms with Gasteiger partial charge in [0.05, 0.1) is 10.3 Å². The lowest BCUT2D eigenvalue weighted by Crippen LogP contribution is -2.30. The Bertz CT molecular complexity index is 963. The predicted molar refractivity (Wildman–Crippen MR) is 111 cm³/mol. The molecule has 136 valence electrons. The third-order valence-electron chi connectivity index (χ3n) is 5.13. The van der Waals surface area contributed by atoms with E-state index in [9.17, 15) is 10.1 Å². The van der Waals surface area contributed by atoms with E-state index >= 15 is 0 Å². The maximum Gasteiger partial charge on any atom is 0.269 e. The van der Waals surface area contributed by atoms with Crippen molar-refractivity contribution in [3.8, 4) is 0 Å². The van der Waals surface area contributed by atoms with E-state index < -0.39 is 5.41 Å². The van der Waals surface area contributed by atoms with Gasteiger partial charge in [-0.05, 0) is 22.3 Å². The molecule has 0 aliphatic rings. The average Bonchev–Trinajstić information content (AvgIpc) is 2.77. The van der Waals surface area contributed by atoms with Crippen molar-refractivity contribution in [1.29, 1.82) is 0 Å². The second kappa shape index (κ2) is 7.49. The molecule has 0 amide bonds. The molecule has 0 N–H and O–H groups in total. The highest BCUT2D eigenvalue weighted by Crippen LogP contribution is 2.45. The van der Waals surface area contributed by atoms with Gasteiger partial charge in [0, 0.05) is 12.1 Å². The van der Waals surface area contributed by atoms with Gasteiger partial charge in [0.1, 0.15) is 0 Å². The molecule has 0 heterocycles. The Morgan fingerprint density at radius 2 is 0.821 bits per heavy atom. The average molecular weight is 365 g/mol. The highest BCUT2D eigenvalue weighted by Gasteiger charge is 2.38. The minimum Gasteiger partial charge on any atom is -0.258 e. The second-order valence-electron chi connectivity index (χ2n) is 6.65. The Morgan fingerprint density at radius 3 is 1.14 bits per heavy atom. The SMILES string of the molecule is O=[N+]([O-])c1ccc(C(c2ccccc2)(c2ccccc2)c2ccccc2)cc1. The number of non-ortho nitro benzene ring substituents is 1. The predicted octanol–water partition coefficient (Wildman–Crippen LogP) is 5.98. The van der Waals surface area contributed by atoms with E-state index in [4.69, 9.17) is 0 Å². The topological polar surface area (TPSA) is 43.1 Å². The van der Waals surface area contributed by atoms with E-state index in [2.05, 4.69) is 36.4 Å². The molecular weight excluding hydrogens is 346 g/mol. The molecule has 4 aromatic rings. The highest BCUT2D eigenvalue weighted by molar-refractivity contribution is 5.60. The van der Waals surface area contributed by atoms with Gasteiger partial charge in [0.15, 0.2) is 0 Å². The Morgan fingerprint density at radius 1 is 0.500 bits per heavy atom. The van der Waals surface area contributed by atoms with Crippen LogP contribution in [0.3, 0.4) is 0 Å². The fourth-order valence-electron chi connectivity index (χ4n) is 3.90. The first kappa shape index (κ1) is 17.7. The quantitative estimate of drug-likeness (QED) is 0.248. The molecule has 0 aliphatic heterocycles. The molecule has 0 unspecified atom stereocenters. The van der Waals surface area contributed by atoms with E-state index in [-0.39, 0.29) is 10.6 Å². The molecule has 0 saturated carbocycles. The van der Waals surface area contributed by atoms with Crippen LogP contribution in [-0.4, -0.2) is 4.92 Å². The molecule has 28 heavy (non-hydrogen) atoms. The smallest absolute Gasteiger partial charge is 0.258 e. The summed E-state index contributed by atoms with van der Waals surface area (Å²) >= 11 is 0. The fraction of sp³-hybridized carbons (Fsp3) is 0.0400. The van der Waals surface area contributed by atoms with Gasteiger partial charge in [-0.25, -0.2) is 0 Å². The van der Waals surface area contributed by atoms with Crippen LogP contribution in [0.15, 0.2) is 115 Å². The molecular formula is C25H19NO2. The minimum atomic E-state index is -0.571. The zero-order chi connectivity index (χ0) is 19.4. The van der Waals surface area contributed by atoms with Crippen molar-refractivity contribution in [2.24, 2.45) is 0 Å². The second-order valence-corrected chi connectivity index (χ2v) is 6.65. The summed E-state index contributed by atoms with van der Waals surface area (Å²) in [6.07, 6.45) is 0. The van der Waals surface area contributed by atoms with E-state index in [1.807, 2.05) is 66.7 Å². The van der Waals surface area contributed by atoms with Gasteiger partial charge in [0.25, 0.3) is 5.69 Å². The number of nitrogens with zero attached hydrogens (tertiary/aromatic N) is 1. The first-order valence-corrected chi connectivity index (χ1v) is 9.14. The molecule has 0 spiro atoms. The number of nitro benzene ring substituents is 1. The number of benzene rings is 4. The van der Waals surface area contributed by atoms with Gasteiger partial charge >= 0.3 is 0 Å². The molecule has 0 fully saturated rings. The lowest BCUT2D eigenvalue weighted by molar-refractivity contribution is -0.384. The Hall–Kier alpha value is -3.72. The van der Waals surface area contributed by atoms with Crippen molar-refractivity contribution < 1.29 is 4.92 Å². The first-order valence-electron chi connectivity index (χ1n) is 9.14. The van der Waals surface area contributed by atoms with E-state index in [0.717, 1.165) is 22.3 Å². The molecule has 0 bridgehead atoms. The molecule has 0 aromatic heterocycles. The van der Waals surface area contributed by atoms with Gasteiger partial charge in [-0.15, -0.1) is 0 Å². The Balaban J connectivity index is 2.08. The fourth-order valence-corrected chi connectivity index (χ4v) is 3.90. The number of nitro groups is 1. The van der Waals surface area contributed by atoms with Crippen LogP contribution >= 0.6 is 0 Å². The van der Waals surface area contributed by atoms with Crippen LogP contribution in [0.4, 0.5) is 5.69 Å². The van der Waals surface area contributed by atoms with E-state index in [1.165, 1.54) is 0 Å². The van der Waals surface area contributed by atoms with Crippen LogP contribution in [0.5, 0.6) is 0 Å². The van der Waals surface area contributed by atoms with Crippen molar-refractivity contribution in [3.63, 3.8) is 0 Å². The lowest BCUT2D eigenvalue weighted by atomic mass is 9.65. The van der Waals surface area contributed by atoms with Crippen LogP contribution in [0.1, 0.15) is 22.3 Å². The summed E-state index contributed by atoms with van der Waals surface area (Å²) in [5, 5.41) is 11.2. The standard InChI is InChI=1S/C25H19NO2/c27-26(28)24-18-16-23(17-19-24)25(20-10-4-1-5-11-20,21-12-6-2-7-13-21)22-14-8-3-9-15-22/h1-19H. The summed E-state index contributed by atoms with van der Waals surface area (Å²) in [6, 6.07) is 37.7. The minimum absolute atomic E-state index is 0.0897. The Labute approximate surface area is 164 Å². The zero-order valence-electron chi connectivity index (χ0n) is 15.2. The van der Waals surface area contributed by atoms with Gasteiger partial charge in [-0.2, -0.15) is 0 Å². The van der Waals surface area contributed by atoms with E-state index in [1.54, 1.807) is 12.1 Å². The normalized spacial score (nSPS) is 11.1. The summed E-state index contributed by atoms with van der Waals surface area (Å²) in [5.41, 5.74) is 3.84. The van der Waals surface area contributed by atoms with Crippen LogP contribution < -0.4 is 0 Å². The summed E-state index contributed by atoms with van der Waals surface area (Å²) in [4.78, 5) is 10.8. The van der Waals surface area contributed by atoms with Crippen LogP contribution in [-0.2, 0) is 5.41 Å².